The molecule has 5 rings (SSSR count). The molecule has 0 unspecified atom stereocenters. The van der Waals surface area contributed by atoms with E-state index in [1.165, 1.54) is 12.7 Å². The Morgan fingerprint density at radius 1 is 0.882 bits per heavy atom. The molecule has 0 spiro atoms. The molecule has 3 aromatic heterocycles. The summed E-state index contributed by atoms with van der Waals surface area (Å²) in [5.41, 5.74) is 4.31. The Labute approximate surface area is 195 Å². The molecule has 0 radical (unpaired) electrons. The predicted molar refractivity (Wildman–Crippen MR) is 128 cm³/mol. The van der Waals surface area contributed by atoms with E-state index in [-0.39, 0.29) is 0 Å². The molecular formula is C24H21N9O. The van der Waals surface area contributed by atoms with Crippen LogP contribution in [0.3, 0.4) is 0 Å². The van der Waals surface area contributed by atoms with Crippen LogP contribution in [0.1, 0.15) is 5.56 Å². The number of hydrogen-bond acceptors (Lipinski definition) is 9. The molecule has 0 aliphatic rings. The maximum absolute atomic E-state index is 5.48. The third-order valence-corrected chi connectivity index (χ3v) is 5.04. The first-order valence-electron chi connectivity index (χ1n) is 10.5. The monoisotopic (exact) mass is 451 g/mol. The van der Waals surface area contributed by atoms with Gasteiger partial charge in [-0.3, -0.25) is 0 Å². The summed E-state index contributed by atoms with van der Waals surface area (Å²) in [6.07, 6.45) is 9.88. The van der Waals surface area contributed by atoms with Crippen molar-refractivity contribution in [3.05, 3.63) is 91.7 Å². The maximum atomic E-state index is 5.48. The van der Waals surface area contributed by atoms with Crippen molar-refractivity contribution in [3.8, 4) is 16.9 Å². The number of ether oxygens (including phenoxy) is 1. The Hall–Kier alpha value is -4.86. The summed E-state index contributed by atoms with van der Waals surface area (Å²) in [6, 6.07) is 15.6. The van der Waals surface area contributed by atoms with Gasteiger partial charge in [-0.05, 0) is 29.8 Å². The number of rotatable bonds is 8. The lowest BCUT2D eigenvalue weighted by Crippen LogP contribution is -2.04. The average Bonchev–Trinajstić information content (AvgIpc) is 3.39. The SMILES string of the molecule is COc1ccccc1Nc1nc(Nc2ccc(Cn3cncn3)cc2)ncc1-c1cncnc1. The second-order valence-corrected chi connectivity index (χ2v) is 7.32. The number of nitrogens with zero attached hydrogens (tertiary/aromatic N) is 7. The molecule has 0 bridgehead atoms. The van der Waals surface area contributed by atoms with Crippen LogP contribution in [0, 0.1) is 0 Å². The van der Waals surface area contributed by atoms with E-state index in [1.807, 2.05) is 48.5 Å². The van der Waals surface area contributed by atoms with E-state index in [0.717, 1.165) is 28.1 Å². The fourth-order valence-corrected chi connectivity index (χ4v) is 3.39. The van der Waals surface area contributed by atoms with E-state index in [2.05, 4.69) is 35.7 Å². The topological polar surface area (TPSA) is 116 Å². The van der Waals surface area contributed by atoms with Gasteiger partial charge in [-0.1, -0.05) is 24.3 Å². The van der Waals surface area contributed by atoms with Gasteiger partial charge in [0, 0.05) is 35.4 Å². The zero-order chi connectivity index (χ0) is 23.2. The van der Waals surface area contributed by atoms with Gasteiger partial charge in [0.05, 0.1) is 19.3 Å². The molecule has 0 aliphatic carbocycles. The van der Waals surface area contributed by atoms with E-state index < -0.39 is 0 Å². The fourth-order valence-electron chi connectivity index (χ4n) is 3.39. The molecule has 0 aliphatic heterocycles. The number of nitrogens with one attached hydrogen (secondary N) is 2. The van der Waals surface area contributed by atoms with Crippen molar-refractivity contribution in [1.29, 1.82) is 0 Å². The lowest BCUT2D eigenvalue weighted by molar-refractivity contribution is 0.417. The van der Waals surface area contributed by atoms with Crippen LogP contribution in [0.15, 0.2) is 86.1 Å². The lowest BCUT2D eigenvalue weighted by Gasteiger charge is -2.15. The molecule has 0 atom stereocenters. The highest BCUT2D eigenvalue weighted by Crippen LogP contribution is 2.32. The summed E-state index contributed by atoms with van der Waals surface area (Å²) < 4.78 is 7.25. The van der Waals surface area contributed by atoms with Crippen LogP contribution in [0.4, 0.5) is 23.1 Å². The Bertz CT molecular complexity index is 1360. The van der Waals surface area contributed by atoms with Gasteiger partial charge in [0.1, 0.15) is 30.5 Å². The molecule has 0 saturated heterocycles. The summed E-state index contributed by atoms with van der Waals surface area (Å²) in [4.78, 5) is 21.5. The Morgan fingerprint density at radius 2 is 1.71 bits per heavy atom. The zero-order valence-electron chi connectivity index (χ0n) is 18.3. The lowest BCUT2D eigenvalue weighted by atomic mass is 10.1. The van der Waals surface area contributed by atoms with Crippen molar-refractivity contribution >= 4 is 23.1 Å². The summed E-state index contributed by atoms with van der Waals surface area (Å²) in [5, 5.41) is 10.8. The van der Waals surface area contributed by atoms with Crippen LogP contribution in [0.5, 0.6) is 5.75 Å². The van der Waals surface area contributed by atoms with E-state index in [9.17, 15) is 0 Å². The summed E-state index contributed by atoms with van der Waals surface area (Å²) in [7, 11) is 1.63. The van der Waals surface area contributed by atoms with Gasteiger partial charge >= 0.3 is 0 Å². The van der Waals surface area contributed by atoms with Crippen LogP contribution < -0.4 is 15.4 Å². The highest BCUT2D eigenvalue weighted by molar-refractivity contribution is 5.79. The van der Waals surface area contributed by atoms with Crippen molar-refractivity contribution < 1.29 is 4.74 Å². The molecule has 0 saturated carbocycles. The van der Waals surface area contributed by atoms with Gasteiger partial charge in [-0.15, -0.1) is 0 Å². The first kappa shape index (κ1) is 21.0. The Kier molecular flexibility index (Phi) is 6.02. The predicted octanol–water partition coefficient (Wildman–Crippen LogP) is 4.07. The Morgan fingerprint density at radius 3 is 2.47 bits per heavy atom. The van der Waals surface area contributed by atoms with E-state index in [4.69, 9.17) is 9.72 Å². The standard InChI is InChI=1S/C24H21N9O/c1-34-22-5-3-2-4-21(22)31-23-20(18-10-25-14-26-11-18)12-28-24(32-23)30-19-8-6-17(7-9-19)13-33-16-27-15-29-33/h2-12,14-16H,13H2,1H3,(H2,28,30,31,32). The van der Waals surface area contributed by atoms with Crippen LogP contribution in [0.2, 0.25) is 0 Å². The van der Waals surface area contributed by atoms with Gasteiger partial charge in [0.25, 0.3) is 0 Å². The van der Waals surface area contributed by atoms with Crippen molar-refractivity contribution in [2.45, 2.75) is 6.54 Å². The minimum absolute atomic E-state index is 0.446. The highest BCUT2D eigenvalue weighted by atomic mass is 16.5. The number of anilines is 4. The van der Waals surface area contributed by atoms with Crippen LogP contribution >= 0.6 is 0 Å². The van der Waals surface area contributed by atoms with E-state index >= 15 is 0 Å². The summed E-state index contributed by atoms with van der Waals surface area (Å²) >= 11 is 0. The molecule has 34 heavy (non-hydrogen) atoms. The maximum Gasteiger partial charge on any atom is 0.229 e. The van der Waals surface area contributed by atoms with Crippen molar-refractivity contribution in [3.63, 3.8) is 0 Å². The van der Waals surface area contributed by atoms with Gasteiger partial charge in [0.2, 0.25) is 5.95 Å². The summed E-state index contributed by atoms with van der Waals surface area (Å²) in [5.74, 6) is 1.75. The third kappa shape index (κ3) is 4.80. The number of hydrogen-bond donors (Lipinski definition) is 2. The quantitative estimate of drug-likeness (QED) is 0.360. The summed E-state index contributed by atoms with van der Waals surface area (Å²) in [6.45, 7) is 0.650. The molecule has 2 aromatic carbocycles. The van der Waals surface area contributed by atoms with Gasteiger partial charge in [-0.2, -0.15) is 10.1 Å². The van der Waals surface area contributed by atoms with E-state index in [0.29, 0.717) is 24.1 Å². The van der Waals surface area contributed by atoms with Crippen LogP contribution in [-0.4, -0.2) is 41.8 Å². The van der Waals surface area contributed by atoms with Gasteiger partial charge in [0.15, 0.2) is 0 Å². The molecule has 3 heterocycles. The van der Waals surface area contributed by atoms with E-state index in [1.54, 1.807) is 36.7 Å². The van der Waals surface area contributed by atoms with Gasteiger partial charge in [-0.25, -0.2) is 24.6 Å². The molecule has 2 N–H and O–H groups in total. The zero-order valence-corrected chi connectivity index (χ0v) is 18.3. The van der Waals surface area contributed by atoms with Crippen molar-refractivity contribution in [2.24, 2.45) is 0 Å². The first-order valence-corrected chi connectivity index (χ1v) is 10.5. The molecule has 0 amide bonds. The molecule has 5 aromatic rings. The number of aromatic nitrogens is 7. The molecule has 0 fully saturated rings. The molecule has 168 valence electrons. The minimum Gasteiger partial charge on any atom is -0.495 e. The largest absolute Gasteiger partial charge is 0.495 e. The molecule has 10 nitrogen and oxygen atoms in total. The number of para-hydroxylation sites is 2. The Balaban J connectivity index is 1.42. The molecule has 10 heteroatoms. The minimum atomic E-state index is 0.446. The normalized spacial score (nSPS) is 10.6. The number of methoxy groups -OCH3 is 1. The van der Waals surface area contributed by atoms with Crippen molar-refractivity contribution in [2.75, 3.05) is 17.7 Å². The molecular weight excluding hydrogens is 430 g/mol. The van der Waals surface area contributed by atoms with Crippen molar-refractivity contribution in [1.82, 2.24) is 34.7 Å². The van der Waals surface area contributed by atoms with Gasteiger partial charge < -0.3 is 15.4 Å². The third-order valence-electron chi connectivity index (χ3n) is 5.04. The second-order valence-electron chi connectivity index (χ2n) is 7.32. The smallest absolute Gasteiger partial charge is 0.229 e. The average molecular weight is 451 g/mol. The second kappa shape index (κ2) is 9.74. The highest BCUT2D eigenvalue weighted by Gasteiger charge is 2.13. The number of benzene rings is 2. The van der Waals surface area contributed by atoms with Crippen LogP contribution in [0.25, 0.3) is 11.1 Å². The first-order chi connectivity index (χ1) is 16.8. The van der Waals surface area contributed by atoms with Crippen LogP contribution in [-0.2, 0) is 6.54 Å². The fraction of sp³-hybridized carbons (Fsp3) is 0.0833.